The number of hydrogen-bond acceptors (Lipinski definition) is 4. The van der Waals surface area contributed by atoms with E-state index in [4.69, 9.17) is 14.2 Å². The lowest BCUT2D eigenvalue weighted by Crippen LogP contribution is -2.25. The van der Waals surface area contributed by atoms with Gasteiger partial charge in [-0.05, 0) is 27.7 Å². The Hall–Kier alpha value is -0.770. The van der Waals surface area contributed by atoms with Crippen molar-refractivity contribution in [1.29, 1.82) is 0 Å². The molecule has 14 heavy (non-hydrogen) atoms. The molecule has 0 spiro atoms. The fourth-order valence-electron chi connectivity index (χ4n) is 0.838. The number of ether oxygens (including phenoxy) is 3. The molecule has 0 aliphatic rings. The lowest BCUT2D eigenvalue weighted by Gasteiger charge is -2.19. The van der Waals surface area contributed by atoms with Gasteiger partial charge in [0.2, 0.25) is 6.29 Å². The van der Waals surface area contributed by atoms with E-state index in [9.17, 15) is 4.79 Å². The second kappa shape index (κ2) is 6.65. The maximum Gasteiger partial charge on any atom is 0.510 e. The highest BCUT2D eigenvalue weighted by Crippen LogP contribution is 2.06. The smallest absolute Gasteiger partial charge is 0.432 e. The Balaban J connectivity index is 3.86. The highest BCUT2D eigenvalue weighted by atomic mass is 16.8. The molecule has 4 nitrogen and oxygen atoms in total. The molecular formula is C10H20O4. The minimum Gasteiger partial charge on any atom is -0.432 e. The summed E-state index contributed by atoms with van der Waals surface area (Å²) in [6, 6.07) is 0. The van der Waals surface area contributed by atoms with Gasteiger partial charge in [-0.2, -0.15) is 0 Å². The summed E-state index contributed by atoms with van der Waals surface area (Å²) in [4.78, 5) is 11.1. The largest absolute Gasteiger partial charge is 0.510 e. The van der Waals surface area contributed by atoms with E-state index >= 15 is 0 Å². The third-order valence-corrected chi connectivity index (χ3v) is 1.32. The van der Waals surface area contributed by atoms with E-state index in [2.05, 4.69) is 0 Å². The monoisotopic (exact) mass is 204 g/mol. The highest BCUT2D eigenvalue weighted by molar-refractivity contribution is 5.60. The van der Waals surface area contributed by atoms with Gasteiger partial charge in [-0.15, -0.1) is 0 Å². The van der Waals surface area contributed by atoms with Gasteiger partial charge in [0.1, 0.15) is 0 Å². The molecule has 0 aliphatic heterocycles. The Bertz CT molecular complexity index is 166. The van der Waals surface area contributed by atoms with E-state index in [0.717, 1.165) is 0 Å². The van der Waals surface area contributed by atoms with Crippen LogP contribution in [-0.2, 0) is 14.2 Å². The number of carbonyl (C=O) groups excluding carboxylic acids is 1. The molecule has 84 valence electrons. The second-order valence-corrected chi connectivity index (χ2v) is 3.56. The van der Waals surface area contributed by atoms with E-state index in [1.807, 2.05) is 20.8 Å². The molecule has 0 rings (SSSR count). The molecule has 0 fully saturated rings. The van der Waals surface area contributed by atoms with E-state index in [0.29, 0.717) is 6.42 Å². The molecule has 0 amide bonds. The third-order valence-electron chi connectivity index (χ3n) is 1.32. The first-order valence-corrected chi connectivity index (χ1v) is 4.98. The van der Waals surface area contributed by atoms with Crippen LogP contribution in [0.3, 0.4) is 0 Å². The Labute approximate surface area is 85.5 Å². The molecule has 1 unspecified atom stereocenters. The van der Waals surface area contributed by atoms with Gasteiger partial charge in [0.05, 0.1) is 12.2 Å². The standard InChI is InChI=1S/C10H20O4/c1-6-9(12-7(2)3)14-10(11)13-8(4)5/h7-9H,6H2,1-5H3. The molecule has 4 heteroatoms. The first-order valence-electron chi connectivity index (χ1n) is 4.98. The molecule has 1 atom stereocenters. The van der Waals surface area contributed by atoms with Crippen molar-refractivity contribution >= 4 is 6.16 Å². The van der Waals surface area contributed by atoms with Gasteiger partial charge in [-0.25, -0.2) is 4.79 Å². The van der Waals surface area contributed by atoms with Crippen molar-refractivity contribution in [3.05, 3.63) is 0 Å². The van der Waals surface area contributed by atoms with Crippen molar-refractivity contribution in [2.45, 2.75) is 59.5 Å². The molecule has 0 aromatic rings. The van der Waals surface area contributed by atoms with Crippen molar-refractivity contribution in [2.75, 3.05) is 0 Å². The summed E-state index contributed by atoms with van der Waals surface area (Å²) in [7, 11) is 0. The van der Waals surface area contributed by atoms with Crippen molar-refractivity contribution in [3.8, 4) is 0 Å². The number of hydrogen-bond donors (Lipinski definition) is 0. The Morgan fingerprint density at radius 1 is 1.07 bits per heavy atom. The van der Waals surface area contributed by atoms with E-state index in [-0.39, 0.29) is 12.2 Å². The molecule has 0 heterocycles. The van der Waals surface area contributed by atoms with Crippen LogP contribution in [-0.4, -0.2) is 24.7 Å². The predicted octanol–water partition coefficient (Wildman–Crippen LogP) is 2.71. The van der Waals surface area contributed by atoms with Gasteiger partial charge in [0.25, 0.3) is 0 Å². The van der Waals surface area contributed by atoms with Gasteiger partial charge in [0, 0.05) is 6.42 Å². The summed E-state index contributed by atoms with van der Waals surface area (Å²) in [5.41, 5.74) is 0. The lowest BCUT2D eigenvalue weighted by molar-refractivity contribution is -0.146. The van der Waals surface area contributed by atoms with Gasteiger partial charge in [-0.1, -0.05) is 6.92 Å². The molecular weight excluding hydrogens is 184 g/mol. The second-order valence-electron chi connectivity index (χ2n) is 3.56. The molecule has 0 radical (unpaired) electrons. The summed E-state index contributed by atoms with van der Waals surface area (Å²) in [6.07, 6.45) is -0.703. The predicted molar refractivity (Wildman–Crippen MR) is 53.0 cm³/mol. The summed E-state index contributed by atoms with van der Waals surface area (Å²) in [5.74, 6) is 0. The topological polar surface area (TPSA) is 44.8 Å². The fourth-order valence-corrected chi connectivity index (χ4v) is 0.838. The molecule has 0 aliphatic carbocycles. The van der Waals surface area contributed by atoms with Crippen LogP contribution in [0.25, 0.3) is 0 Å². The number of carbonyl (C=O) groups is 1. The van der Waals surface area contributed by atoms with Crippen LogP contribution in [0.2, 0.25) is 0 Å². The van der Waals surface area contributed by atoms with Crippen LogP contribution in [0.15, 0.2) is 0 Å². The molecule has 0 N–H and O–H groups in total. The Morgan fingerprint density at radius 2 is 1.64 bits per heavy atom. The lowest BCUT2D eigenvalue weighted by atomic mass is 10.4. The molecule has 0 saturated carbocycles. The van der Waals surface area contributed by atoms with Crippen LogP contribution < -0.4 is 0 Å². The SMILES string of the molecule is CCC(OC(=O)OC(C)C)OC(C)C. The maximum atomic E-state index is 11.1. The van der Waals surface area contributed by atoms with Crippen molar-refractivity contribution in [1.82, 2.24) is 0 Å². The summed E-state index contributed by atoms with van der Waals surface area (Å²) < 4.78 is 15.1. The van der Waals surface area contributed by atoms with Gasteiger partial charge >= 0.3 is 6.16 Å². The van der Waals surface area contributed by atoms with Crippen LogP contribution in [0.5, 0.6) is 0 Å². The average molecular weight is 204 g/mol. The maximum absolute atomic E-state index is 11.1. The minimum absolute atomic E-state index is 0.0341. The fraction of sp³-hybridized carbons (Fsp3) is 0.900. The summed E-state index contributed by atoms with van der Waals surface area (Å²) in [5, 5.41) is 0. The Morgan fingerprint density at radius 3 is 2.00 bits per heavy atom. The van der Waals surface area contributed by atoms with E-state index in [1.54, 1.807) is 13.8 Å². The number of rotatable bonds is 5. The zero-order valence-corrected chi connectivity index (χ0v) is 9.57. The van der Waals surface area contributed by atoms with Crippen molar-refractivity contribution in [2.24, 2.45) is 0 Å². The highest BCUT2D eigenvalue weighted by Gasteiger charge is 2.16. The summed E-state index contributed by atoms with van der Waals surface area (Å²) >= 11 is 0. The van der Waals surface area contributed by atoms with Crippen molar-refractivity contribution < 1.29 is 19.0 Å². The first kappa shape index (κ1) is 13.2. The zero-order chi connectivity index (χ0) is 11.1. The third kappa shape index (κ3) is 6.71. The van der Waals surface area contributed by atoms with Gasteiger partial charge in [-0.3, -0.25) is 0 Å². The minimum atomic E-state index is -0.674. The van der Waals surface area contributed by atoms with Crippen LogP contribution in [0.4, 0.5) is 4.79 Å². The summed E-state index contributed by atoms with van der Waals surface area (Å²) in [6.45, 7) is 9.20. The normalized spacial score (nSPS) is 13.1. The van der Waals surface area contributed by atoms with Crippen LogP contribution in [0, 0.1) is 0 Å². The molecule has 0 bridgehead atoms. The van der Waals surface area contributed by atoms with E-state index < -0.39 is 12.4 Å². The van der Waals surface area contributed by atoms with Gasteiger partial charge < -0.3 is 14.2 Å². The Kier molecular flexibility index (Phi) is 6.28. The van der Waals surface area contributed by atoms with Gasteiger partial charge in [0.15, 0.2) is 0 Å². The molecule has 0 saturated heterocycles. The molecule has 0 aromatic carbocycles. The van der Waals surface area contributed by atoms with Crippen LogP contribution in [0.1, 0.15) is 41.0 Å². The average Bonchev–Trinajstić information content (AvgIpc) is 2.00. The van der Waals surface area contributed by atoms with E-state index in [1.165, 1.54) is 0 Å². The quantitative estimate of drug-likeness (QED) is 0.510. The van der Waals surface area contributed by atoms with Crippen LogP contribution >= 0.6 is 0 Å². The zero-order valence-electron chi connectivity index (χ0n) is 9.57. The molecule has 0 aromatic heterocycles. The first-order chi connectivity index (χ1) is 6.45. The van der Waals surface area contributed by atoms with Crippen molar-refractivity contribution in [3.63, 3.8) is 0 Å².